The van der Waals surface area contributed by atoms with Crippen LogP contribution in [0.5, 0.6) is 5.75 Å². The maximum absolute atomic E-state index is 12.5. The molecular formula is C23H36O3S2. The van der Waals surface area contributed by atoms with Crippen molar-refractivity contribution >= 4 is 33.8 Å². The molecular weight excluding hydrogens is 388 g/mol. The van der Waals surface area contributed by atoms with Gasteiger partial charge in [0.05, 0.1) is 6.61 Å². The molecule has 158 valence electrons. The summed E-state index contributed by atoms with van der Waals surface area (Å²) in [6.07, 6.45) is 4.50. The maximum atomic E-state index is 12.5. The van der Waals surface area contributed by atoms with E-state index in [0.717, 1.165) is 49.0 Å². The van der Waals surface area contributed by atoms with Gasteiger partial charge in [-0.3, -0.25) is 9.59 Å². The van der Waals surface area contributed by atoms with Gasteiger partial charge in [0.2, 0.25) is 0 Å². The minimum absolute atomic E-state index is 0.124. The molecule has 1 rings (SSSR count). The van der Waals surface area contributed by atoms with Gasteiger partial charge >= 0.3 is 0 Å². The average molecular weight is 425 g/mol. The molecule has 3 nitrogen and oxygen atoms in total. The monoisotopic (exact) mass is 424 g/mol. The second-order valence-electron chi connectivity index (χ2n) is 7.02. The van der Waals surface area contributed by atoms with Gasteiger partial charge in [-0.25, -0.2) is 0 Å². The first-order chi connectivity index (χ1) is 13.5. The molecule has 0 saturated heterocycles. The Kier molecular flexibility index (Phi) is 12.6. The summed E-state index contributed by atoms with van der Waals surface area (Å²) in [4.78, 5) is 24.9. The zero-order chi connectivity index (χ0) is 20.9. The van der Waals surface area contributed by atoms with Gasteiger partial charge in [-0.15, -0.1) is 0 Å². The highest BCUT2D eigenvalue weighted by molar-refractivity contribution is 8.13. The van der Waals surface area contributed by atoms with Crippen LogP contribution in [0.4, 0.5) is 0 Å². The Morgan fingerprint density at radius 2 is 1.32 bits per heavy atom. The molecule has 1 aromatic rings. The van der Waals surface area contributed by atoms with Crippen LogP contribution in [-0.4, -0.2) is 16.8 Å². The molecule has 1 aromatic carbocycles. The van der Waals surface area contributed by atoms with Crippen LogP contribution in [0.25, 0.3) is 0 Å². The molecule has 0 atom stereocenters. The predicted molar refractivity (Wildman–Crippen MR) is 123 cm³/mol. The minimum Gasteiger partial charge on any atom is -0.494 e. The summed E-state index contributed by atoms with van der Waals surface area (Å²) in [6, 6.07) is 6.07. The van der Waals surface area contributed by atoms with Crippen molar-refractivity contribution in [3.05, 3.63) is 29.3 Å². The van der Waals surface area contributed by atoms with Gasteiger partial charge in [0, 0.05) is 23.3 Å². The summed E-state index contributed by atoms with van der Waals surface area (Å²) in [7, 11) is 0. The van der Waals surface area contributed by atoms with E-state index in [9.17, 15) is 9.59 Å². The van der Waals surface area contributed by atoms with E-state index in [-0.39, 0.29) is 22.1 Å². The van der Waals surface area contributed by atoms with Crippen molar-refractivity contribution in [3.63, 3.8) is 0 Å². The summed E-state index contributed by atoms with van der Waals surface area (Å²) in [5, 5.41) is 0.527. The third-order valence-electron chi connectivity index (χ3n) is 5.03. The molecule has 0 fully saturated rings. The number of ether oxygens (including phenoxy) is 1. The van der Waals surface area contributed by atoms with E-state index in [2.05, 4.69) is 40.7 Å². The largest absolute Gasteiger partial charge is 0.494 e. The first-order valence-corrected chi connectivity index (χ1v) is 12.5. The van der Waals surface area contributed by atoms with Crippen LogP contribution in [-0.2, 0) is 21.1 Å². The lowest BCUT2D eigenvalue weighted by molar-refractivity contribution is -0.115. The van der Waals surface area contributed by atoms with Crippen molar-refractivity contribution in [2.75, 3.05) is 6.61 Å². The summed E-state index contributed by atoms with van der Waals surface area (Å²) >= 11 is 2.79. The standard InChI is InChI=1S/C23H36O3S2/c1-6-13-26-21-12-11-19(15-27-22(24)17(7-2)8-3)20(14-21)16-28-23(25)18(9-4)10-5/h11-12,14,17-18H,6-10,13,15-16H2,1-5H3. The summed E-state index contributed by atoms with van der Waals surface area (Å²) in [6.45, 7) is 11.0. The van der Waals surface area contributed by atoms with Crippen LogP contribution in [0.3, 0.4) is 0 Å². The Bertz CT molecular complexity index is 608. The van der Waals surface area contributed by atoms with Gasteiger partial charge in [-0.2, -0.15) is 0 Å². The molecule has 0 amide bonds. The zero-order valence-corrected chi connectivity index (χ0v) is 19.7. The molecule has 0 aliphatic heterocycles. The third-order valence-corrected chi connectivity index (χ3v) is 7.17. The molecule has 0 unspecified atom stereocenters. The summed E-state index contributed by atoms with van der Waals surface area (Å²) in [5.74, 6) is 2.38. The Morgan fingerprint density at radius 3 is 1.79 bits per heavy atom. The number of hydrogen-bond donors (Lipinski definition) is 0. The molecule has 0 saturated carbocycles. The Balaban J connectivity index is 2.89. The van der Waals surface area contributed by atoms with Gasteiger partial charge in [0.15, 0.2) is 10.2 Å². The van der Waals surface area contributed by atoms with E-state index in [1.807, 2.05) is 12.1 Å². The molecule has 0 spiro atoms. The van der Waals surface area contributed by atoms with Crippen LogP contribution in [0.15, 0.2) is 18.2 Å². The summed E-state index contributed by atoms with van der Waals surface area (Å²) in [5.41, 5.74) is 2.22. The van der Waals surface area contributed by atoms with Crippen LogP contribution < -0.4 is 4.74 Å². The fourth-order valence-corrected chi connectivity index (χ4v) is 5.25. The Hall–Kier alpha value is -0.940. The second-order valence-corrected chi connectivity index (χ2v) is 8.98. The van der Waals surface area contributed by atoms with Crippen molar-refractivity contribution in [3.8, 4) is 5.75 Å². The molecule has 0 heterocycles. The van der Waals surface area contributed by atoms with Crippen molar-refractivity contribution in [1.82, 2.24) is 0 Å². The quantitative estimate of drug-likeness (QED) is 0.346. The molecule has 0 bridgehead atoms. The van der Waals surface area contributed by atoms with E-state index >= 15 is 0 Å². The lowest BCUT2D eigenvalue weighted by Gasteiger charge is -2.15. The van der Waals surface area contributed by atoms with Gasteiger partial charge < -0.3 is 4.74 Å². The van der Waals surface area contributed by atoms with Crippen LogP contribution >= 0.6 is 23.5 Å². The lowest BCUT2D eigenvalue weighted by Crippen LogP contribution is -2.10. The van der Waals surface area contributed by atoms with Crippen LogP contribution in [0, 0.1) is 11.8 Å². The number of carbonyl (C=O) groups is 2. The SMILES string of the molecule is CCCOc1ccc(CSC(=O)C(CC)CC)c(CSC(=O)C(CC)CC)c1. The Labute approximate surface area is 179 Å². The van der Waals surface area contributed by atoms with E-state index in [1.165, 1.54) is 23.5 Å². The Morgan fingerprint density at radius 1 is 0.821 bits per heavy atom. The first kappa shape index (κ1) is 25.1. The second kappa shape index (κ2) is 14.1. The third kappa shape index (κ3) is 8.20. The fraction of sp³-hybridized carbons (Fsp3) is 0.652. The normalized spacial score (nSPS) is 11.2. The fourth-order valence-electron chi connectivity index (χ4n) is 2.96. The first-order valence-electron chi connectivity index (χ1n) is 10.6. The lowest BCUT2D eigenvalue weighted by atomic mass is 10.1. The minimum atomic E-state index is 0.124. The van der Waals surface area contributed by atoms with E-state index in [1.54, 1.807) is 0 Å². The number of thioether (sulfide) groups is 2. The van der Waals surface area contributed by atoms with E-state index in [4.69, 9.17) is 4.74 Å². The topological polar surface area (TPSA) is 43.4 Å². The molecule has 0 radical (unpaired) electrons. The molecule has 28 heavy (non-hydrogen) atoms. The predicted octanol–water partition coefficient (Wildman–Crippen LogP) is 6.87. The van der Waals surface area contributed by atoms with E-state index < -0.39 is 0 Å². The van der Waals surface area contributed by atoms with Gasteiger partial charge in [-0.1, -0.05) is 64.2 Å². The van der Waals surface area contributed by atoms with Crippen molar-refractivity contribution in [1.29, 1.82) is 0 Å². The van der Waals surface area contributed by atoms with Crippen LogP contribution in [0.2, 0.25) is 0 Å². The molecule has 5 heteroatoms. The number of rotatable bonds is 13. The van der Waals surface area contributed by atoms with E-state index in [0.29, 0.717) is 18.1 Å². The van der Waals surface area contributed by atoms with Crippen molar-refractivity contribution in [2.45, 2.75) is 78.2 Å². The van der Waals surface area contributed by atoms with Crippen molar-refractivity contribution < 1.29 is 14.3 Å². The number of benzene rings is 1. The van der Waals surface area contributed by atoms with Gasteiger partial charge in [0.25, 0.3) is 0 Å². The zero-order valence-electron chi connectivity index (χ0n) is 18.1. The highest BCUT2D eigenvalue weighted by Gasteiger charge is 2.18. The molecule has 0 aliphatic rings. The highest BCUT2D eigenvalue weighted by Crippen LogP contribution is 2.29. The smallest absolute Gasteiger partial charge is 0.192 e. The van der Waals surface area contributed by atoms with Crippen LogP contribution in [0.1, 0.15) is 77.8 Å². The molecule has 0 aromatic heterocycles. The van der Waals surface area contributed by atoms with Gasteiger partial charge in [-0.05, 0) is 55.4 Å². The number of hydrogen-bond acceptors (Lipinski definition) is 5. The highest BCUT2D eigenvalue weighted by atomic mass is 32.2. The maximum Gasteiger partial charge on any atom is 0.192 e. The molecule has 0 aliphatic carbocycles. The van der Waals surface area contributed by atoms with Crippen molar-refractivity contribution in [2.24, 2.45) is 11.8 Å². The van der Waals surface area contributed by atoms with Gasteiger partial charge in [0.1, 0.15) is 5.75 Å². The average Bonchev–Trinajstić information content (AvgIpc) is 2.71. The molecule has 0 N–H and O–H groups in total. The summed E-state index contributed by atoms with van der Waals surface area (Å²) < 4.78 is 5.78. The number of carbonyl (C=O) groups excluding carboxylic acids is 2.